The van der Waals surface area contributed by atoms with Crippen molar-refractivity contribution < 1.29 is 28.3 Å². The monoisotopic (exact) mass is 413 g/mol. The number of nitrogens with one attached hydrogen (secondary N) is 2. The van der Waals surface area contributed by atoms with Crippen molar-refractivity contribution in [3.05, 3.63) is 65.5 Å². The molecular weight excluding hydrogens is 393 g/mol. The molecule has 2 N–H and O–H groups in total. The molecular formula is C21H20FN3O5. The van der Waals surface area contributed by atoms with E-state index in [1.165, 1.54) is 31.2 Å². The van der Waals surface area contributed by atoms with E-state index in [4.69, 9.17) is 4.74 Å². The van der Waals surface area contributed by atoms with Crippen LogP contribution in [-0.2, 0) is 9.59 Å². The summed E-state index contributed by atoms with van der Waals surface area (Å²) in [6.45, 7) is 1.57. The molecule has 30 heavy (non-hydrogen) atoms. The highest BCUT2D eigenvalue weighted by atomic mass is 19.1. The molecule has 1 aliphatic heterocycles. The average molecular weight is 413 g/mol. The molecule has 0 saturated carbocycles. The maximum atomic E-state index is 12.9. The van der Waals surface area contributed by atoms with Gasteiger partial charge in [-0.05, 0) is 49.7 Å². The number of imide groups is 1. The van der Waals surface area contributed by atoms with Gasteiger partial charge in [0.05, 0.1) is 11.1 Å². The SMILES string of the molecule is C[C@H](Oc1ccc(F)cc1)C(=O)NNC(=O)CCCN1C(=O)c2ccccc2C1=O. The second kappa shape index (κ2) is 9.17. The lowest BCUT2D eigenvalue weighted by Crippen LogP contribution is -2.47. The van der Waals surface area contributed by atoms with Crippen molar-refractivity contribution in [3.63, 3.8) is 0 Å². The molecule has 1 atom stereocenters. The van der Waals surface area contributed by atoms with Crippen molar-refractivity contribution in [1.82, 2.24) is 15.8 Å². The molecule has 8 nitrogen and oxygen atoms in total. The van der Waals surface area contributed by atoms with Gasteiger partial charge in [0.1, 0.15) is 11.6 Å². The summed E-state index contributed by atoms with van der Waals surface area (Å²) < 4.78 is 18.2. The van der Waals surface area contributed by atoms with Gasteiger partial charge in [0.15, 0.2) is 6.10 Å². The van der Waals surface area contributed by atoms with Gasteiger partial charge >= 0.3 is 0 Å². The topological polar surface area (TPSA) is 105 Å². The lowest BCUT2D eigenvalue weighted by Gasteiger charge is -2.16. The average Bonchev–Trinajstić information content (AvgIpc) is 2.98. The molecule has 1 aliphatic rings. The minimum absolute atomic E-state index is 0.000878. The third-order valence-corrected chi connectivity index (χ3v) is 4.48. The first-order valence-electron chi connectivity index (χ1n) is 9.33. The Morgan fingerprint density at radius 1 is 1.00 bits per heavy atom. The smallest absolute Gasteiger partial charge is 0.279 e. The van der Waals surface area contributed by atoms with Crippen LogP contribution in [0.1, 0.15) is 40.5 Å². The van der Waals surface area contributed by atoms with E-state index in [1.807, 2.05) is 0 Å². The molecule has 3 rings (SSSR count). The lowest BCUT2D eigenvalue weighted by molar-refractivity contribution is -0.132. The number of fused-ring (bicyclic) bond motifs is 1. The predicted molar refractivity (Wildman–Crippen MR) is 104 cm³/mol. The summed E-state index contributed by atoms with van der Waals surface area (Å²) in [7, 11) is 0. The molecule has 0 aliphatic carbocycles. The minimum Gasteiger partial charge on any atom is -0.481 e. The van der Waals surface area contributed by atoms with Crippen molar-refractivity contribution in [1.29, 1.82) is 0 Å². The Hall–Kier alpha value is -3.75. The summed E-state index contributed by atoms with van der Waals surface area (Å²) >= 11 is 0. The molecule has 0 bridgehead atoms. The van der Waals surface area contributed by atoms with E-state index in [0.29, 0.717) is 16.9 Å². The number of nitrogens with zero attached hydrogens (tertiary/aromatic N) is 1. The van der Waals surface area contributed by atoms with Gasteiger partial charge in [-0.25, -0.2) is 4.39 Å². The molecule has 4 amide bonds. The number of benzene rings is 2. The predicted octanol–water partition coefficient (Wildman–Crippen LogP) is 1.82. The summed E-state index contributed by atoms with van der Waals surface area (Å²) in [5, 5.41) is 0. The summed E-state index contributed by atoms with van der Waals surface area (Å²) in [6, 6.07) is 11.7. The minimum atomic E-state index is -0.922. The summed E-state index contributed by atoms with van der Waals surface area (Å²) in [5.41, 5.74) is 5.21. The molecule has 0 spiro atoms. The molecule has 0 unspecified atom stereocenters. The first kappa shape index (κ1) is 21.0. The van der Waals surface area contributed by atoms with Crippen LogP contribution in [0.4, 0.5) is 4.39 Å². The van der Waals surface area contributed by atoms with E-state index in [2.05, 4.69) is 10.9 Å². The first-order chi connectivity index (χ1) is 14.4. The van der Waals surface area contributed by atoms with E-state index in [0.717, 1.165) is 4.90 Å². The van der Waals surface area contributed by atoms with E-state index in [-0.39, 0.29) is 31.2 Å². The number of halogens is 1. The van der Waals surface area contributed by atoms with E-state index in [1.54, 1.807) is 24.3 Å². The Morgan fingerprint density at radius 3 is 2.20 bits per heavy atom. The Kier molecular flexibility index (Phi) is 6.41. The molecule has 0 saturated heterocycles. The molecule has 0 fully saturated rings. The third-order valence-electron chi connectivity index (χ3n) is 4.48. The quantitative estimate of drug-likeness (QED) is 0.532. The van der Waals surface area contributed by atoms with Gasteiger partial charge in [0.2, 0.25) is 5.91 Å². The van der Waals surface area contributed by atoms with Gasteiger partial charge in [-0.2, -0.15) is 0 Å². The van der Waals surface area contributed by atoms with Crippen molar-refractivity contribution in [2.45, 2.75) is 25.9 Å². The number of carbonyl (C=O) groups excluding carboxylic acids is 4. The number of rotatable bonds is 7. The van der Waals surface area contributed by atoms with Gasteiger partial charge in [-0.3, -0.25) is 34.9 Å². The highest BCUT2D eigenvalue weighted by Gasteiger charge is 2.34. The largest absolute Gasteiger partial charge is 0.481 e. The maximum absolute atomic E-state index is 12.9. The number of hydrogen-bond acceptors (Lipinski definition) is 5. The van der Waals surface area contributed by atoms with Crippen LogP contribution in [0.15, 0.2) is 48.5 Å². The van der Waals surface area contributed by atoms with E-state index < -0.39 is 23.7 Å². The molecule has 2 aromatic carbocycles. The number of carbonyl (C=O) groups is 4. The zero-order valence-corrected chi connectivity index (χ0v) is 16.2. The fourth-order valence-electron chi connectivity index (χ4n) is 2.91. The van der Waals surface area contributed by atoms with Crippen LogP contribution in [0.3, 0.4) is 0 Å². The Bertz CT molecular complexity index is 942. The maximum Gasteiger partial charge on any atom is 0.279 e. The molecule has 0 radical (unpaired) electrons. The van der Waals surface area contributed by atoms with Crippen molar-refractivity contribution in [3.8, 4) is 5.75 Å². The van der Waals surface area contributed by atoms with Crippen LogP contribution >= 0.6 is 0 Å². The van der Waals surface area contributed by atoms with Crippen LogP contribution in [0.25, 0.3) is 0 Å². The van der Waals surface area contributed by atoms with Gasteiger partial charge in [0, 0.05) is 13.0 Å². The molecule has 1 heterocycles. The lowest BCUT2D eigenvalue weighted by atomic mass is 10.1. The normalized spacial score (nSPS) is 13.6. The van der Waals surface area contributed by atoms with Gasteiger partial charge in [-0.1, -0.05) is 12.1 Å². The van der Waals surface area contributed by atoms with Gasteiger partial charge < -0.3 is 4.74 Å². The molecule has 0 aromatic heterocycles. The standard InChI is InChI=1S/C21H20FN3O5/c1-13(30-15-10-8-14(22)9-11-15)19(27)24-23-18(26)7-4-12-25-20(28)16-5-2-3-6-17(16)21(25)29/h2-3,5-6,8-11,13H,4,7,12H2,1H3,(H,23,26)(H,24,27)/t13-/m0/s1. The second-order valence-corrected chi connectivity index (χ2v) is 6.66. The van der Waals surface area contributed by atoms with Crippen LogP contribution in [-0.4, -0.2) is 41.2 Å². The molecule has 9 heteroatoms. The number of hydrogen-bond donors (Lipinski definition) is 2. The molecule has 156 valence electrons. The van der Waals surface area contributed by atoms with Crippen molar-refractivity contribution in [2.75, 3.05) is 6.54 Å². The summed E-state index contributed by atoms with van der Waals surface area (Å²) in [6.07, 6.45) is -0.676. The van der Waals surface area contributed by atoms with Crippen LogP contribution in [0.5, 0.6) is 5.75 Å². The van der Waals surface area contributed by atoms with Gasteiger partial charge in [0.25, 0.3) is 17.7 Å². The molecule has 2 aromatic rings. The highest BCUT2D eigenvalue weighted by Crippen LogP contribution is 2.22. The van der Waals surface area contributed by atoms with Crippen molar-refractivity contribution in [2.24, 2.45) is 0 Å². The van der Waals surface area contributed by atoms with E-state index in [9.17, 15) is 23.6 Å². The Balaban J connectivity index is 1.39. The van der Waals surface area contributed by atoms with E-state index >= 15 is 0 Å². The zero-order chi connectivity index (χ0) is 21.7. The van der Waals surface area contributed by atoms with Crippen molar-refractivity contribution >= 4 is 23.6 Å². The fourth-order valence-corrected chi connectivity index (χ4v) is 2.91. The third kappa shape index (κ3) is 4.80. The second-order valence-electron chi connectivity index (χ2n) is 6.66. The first-order valence-corrected chi connectivity index (χ1v) is 9.33. The van der Waals surface area contributed by atoms with Crippen LogP contribution in [0, 0.1) is 5.82 Å². The number of hydrazine groups is 1. The van der Waals surface area contributed by atoms with Crippen LogP contribution in [0.2, 0.25) is 0 Å². The summed E-state index contributed by atoms with van der Waals surface area (Å²) in [5.74, 6) is -1.94. The fraction of sp³-hybridized carbons (Fsp3) is 0.238. The Morgan fingerprint density at radius 2 is 1.60 bits per heavy atom. The highest BCUT2D eigenvalue weighted by molar-refractivity contribution is 6.21. The van der Waals surface area contributed by atoms with Crippen LogP contribution < -0.4 is 15.6 Å². The number of amides is 4. The van der Waals surface area contributed by atoms with Gasteiger partial charge in [-0.15, -0.1) is 0 Å². The number of ether oxygens (including phenoxy) is 1. The Labute approximate surface area is 172 Å². The zero-order valence-electron chi connectivity index (χ0n) is 16.2. The summed E-state index contributed by atoms with van der Waals surface area (Å²) in [4.78, 5) is 49.5.